The summed E-state index contributed by atoms with van der Waals surface area (Å²) in [7, 11) is -10.5. The molecular weight excluding hydrogens is 1040 g/mol. The van der Waals surface area contributed by atoms with E-state index >= 15 is 0 Å². The Morgan fingerprint density at radius 2 is 1.00 bits per heavy atom. The van der Waals surface area contributed by atoms with Gasteiger partial charge in [0.2, 0.25) is 0 Å². The van der Waals surface area contributed by atoms with E-state index in [0.717, 1.165) is 43.8 Å². The molecule has 22 heteroatoms. The third-order valence-electron chi connectivity index (χ3n) is 16.0. The molecule has 12 rings (SSSR count). The first-order valence-electron chi connectivity index (χ1n) is 27.1. The molecule has 8 heterocycles. The quantitative estimate of drug-likeness (QED) is 0.0382. The molecule has 0 radical (unpaired) electrons. The second-order valence-corrected chi connectivity index (χ2v) is 36.3. The summed E-state index contributed by atoms with van der Waals surface area (Å²) >= 11 is 0. The topological polar surface area (TPSA) is 196 Å². The Hall–Kier alpha value is -6.90. The van der Waals surface area contributed by atoms with Crippen molar-refractivity contribution < 1.29 is 50.0 Å². The maximum absolute atomic E-state index is 13.3. The number of aromatic nitrogens is 2. The van der Waals surface area contributed by atoms with E-state index in [1.165, 1.54) is 7.11 Å². The minimum absolute atomic E-state index is 0.0662. The third-order valence-corrected chi connectivity index (χ3v) is 32.6. The van der Waals surface area contributed by atoms with Gasteiger partial charge in [-0.2, -0.15) is 0 Å². The van der Waals surface area contributed by atoms with Crippen LogP contribution in [-0.4, -0.2) is 143 Å². The van der Waals surface area contributed by atoms with Crippen LogP contribution in [0.3, 0.4) is 0 Å². The van der Waals surface area contributed by atoms with Gasteiger partial charge in [0.05, 0.1) is 20.3 Å². The third kappa shape index (κ3) is 7.47. The molecule has 0 fully saturated rings. The molecule has 0 atom stereocenters. The first kappa shape index (κ1) is 51.8. The first-order chi connectivity index (χ1) is 37.7. The molecule has 0 bridgehead atoms. The van der Waals surface area contributed by atoms with Crippen molar-refractivity contribution in [3.8, 4) is 0 Å². The van der Waals surface area contributed by atoms with Gasteiger partial charge in [0.1, 0.15) is 0 Å². The predicted octanol–water partition coefficient (Wildman–Crippen LogP) is 6.19. The second kappa shape index (κ2) is 19.2. The van der Waals surface area contributed by atoms with Crippen molar-refractivity contribution in [2.45, 2.75) is 76.8 Å². The van der Waals surface area contributed by atoms with Crippen molar-refractivity contribution in [3.05, 3.63) is 130 Å². The second-order valence-electron chi connectivity index (χ2n) is 22.0. The summed E-state index contributed by atoms with van der Waals surface area (Å²) in [5.41, 5.74) is 4.91. The molecule has 6 aliphatic heterocycles. The molecule has 2 amide bonds. The van der Waals surface area contributed by atoms with Gasteiger partial charge in [-0.3, -0.25) is 4.79 Å². The van der Waals surface area contributed by atoms with Gasteiger partial charge in [0.15, 0.2) is 0 Å². The molecular formula is C56H66N10O9Si3. The summed E-state index contributed by atoms with van der Waals surface area (Å²) in [6.45, 7) is 11.4. The van der Waals surface area contributed by atoms with E-state index in [9.17, 15) is 22.6 Å². The van der Waals surface area contributed by atoms with Gasteiger partial charge in [0.25, 0.3) is 0 Å². The van der Waals surface area contributed by atoms with Gasteiger partial charge in [0, 0.05) is 7.11 Å². The molecule has 6 aromatic rings. The molecule has 19 nitrogen and oxygen atoms in total. The fraction of sp³-hybridized carbons (Fsp3) is 0.375. The summed E-state index contributed by atoms with van der Waals surface area (Å²) in [5, 5.41) is 9.88. The van der Waals surface area contributed by atoms with Crippen molar-refractivity contribution in [1.29, 1.82) is 0 Å². The standard InChI is InChI=1S/C56H66N10O9Si3/c1-70-31-32-72-33-34-73-37-47(68)58-30-18-36-77(5,6)75-78(74-76(3,4)35-17-29-57-46(67)27-15-16-28-48(69)71-2)63-49-38-19-7-8-20-39(38)50(63)60-52-42-23-11-12-24-43(42)54(65(52)78)62-56-45-26-14-13-25-44(45)55(66(56)78)61-53-41-22-10-9-21-40(41)51(59-49)64(53)78/h7-14,19-26H,15-18,27-37H2,1-6H3,(H,57,67)(H,58,68). The molecule has 0 saturated heterocycles. The number of hydrogen-bond donors (Lipinski definition) is 2. The van der Waals surface area contributed by atoms with Gasteiger partial charge in [-0.15, -0.1) is 0 Å². The number of carbonyl (C=O) groups is 3. The van der Waals surface area contributed by atoms with E-state index in [1.807, 2.05) is 0 Å². The van der Waals surface area contributed by atoms with Crippen LogP contribution < -0.4 is 21.6 Å². The number of aliphatic imine (C=N–C) groups is 2. The van der Waals surface area contributed by atoms with E-state index in [1.54, 1.807) is 7.11 Å². The van der Waals surface area contributed by atoms with Gasteiger partial charge in [-0.05, 0) is 0 Å². The molecule has 2 N–H and O–H groups in total. The van der Waals surface area contributed by atoms with Crippen LogP contribution >= 0.6 is 0 Å². The Labute approximate surface area is 453 Å². The zero-order valence-electron chi connectivity index (χ0n) is 45.1. The van der Waals surface area contributed by atoms with Crippen LogP contribution in [0, 0.1) is 0 Å². The molecule has 0 unspecified atom stereocenters. The summed E-state index contributed by atoms with van der Waals surface area (Å²) in [5.74, 6) is 3.41. The Bertz CT molecular complexity index is 3650. The molecule has 6 aliphatic rings. The number of nitrogens with zero attached hydrogens (tertiary/aromatic N) is 8. The van der Waals surface area contributed by atoms with Crippen molar-refractivity contribution in [2.24, 2.45) is 20.0 Å². The van der Waals surface area contributed by atoms with Crippen LogP contribution in [0.1, 0.15) is 60.8 Å². The number of benzene rings is 4. The molecule has 0 aliphatic carbocycles. The monoisotopic (exact) mass is 1110 g/mol. The summed E-state index contributed by atoms with van der Waals surface area (Å²) in [4.78, 5) is 61.6. The first-order valence-corrected chi connectivity index (χ1v) is 36.0. The van der Waals surface area contributed by atoms with Crippen molar-refractivity contribution >= 4 is 98.7 Å². The Kier molecular flexibility index (Phi) is 12.7. The van der Waals surface area contributed by atoms with Crippen LogP contribution in [0.15, 0.2) is 117 Å². The van der Waals surface area contributed by atoms with Gasteiger partial charge >= 0.3 is 414 Å². The van der Waals surface area contributed by atoms with Crippen molar-refractivity contribution in [3.63, 3.8) is 0 Å². The molecule has 406 valence electrons. The fourth-order valence-corrected chi connectivity index (χ4v) is 35.3. The predicted molar refractivity (Wildman–Crippen MR) is 303 cm³/mol. The number of fused-ring (bicyclic) bond motifs is 12. The number of unbranched alkanes of at least 4 members (excludes halogenated alkanes) is 1. The SMILES string of the molecule is COCCOCCOCC(=O)NCCC[Si](C)(C)O[Si-2]123(O[Si](C)(C)CCCNC(=O)CCCCC(=O)OC)n4c5c6ccccc6c4N=C4c6ccccc6C(=[N+]41)N=c1c4ccccc4c(n12)=NC1=[N+]3C(=N5)c2ccccc21. The van der Waals surface area contributed by atoms with E-state index in [2.05, 4.69) is 151 Å². The number of esters is 1. The summed E-state index contributed by atoms with van der Waals surface area (Å²) < 4.78 is 48.7. The Morgan fingerprint density at radius 3 is 1.53 bits per heavy atom. The van der Waals surface area contributed by atoms with Crippen LogP contribution in [0.2, 0.25) is 38.3 Å². The van der Waals surface area contributed by atoms with E-state index < -0.39 is 24.4 Å². The zero-order valence-corrected chi connectivity index (χ0v) is 48.1. The number of methoxy groups -OCH3 is 2. The Morgan fingerprint density at radius 1 is 0.538 bits per heavy atom. The molecule has 4 aromatic carbocycles. The van der Waals surface area contributed by atoms with Crippen molar-refractivity contribution in [1.82, 2.24) is 19.1 Å². The maximum atomic E-state index is 13.3. The van der Waals surface area contributed by atoms with Gasteiger partial charge < -0.3 is 9.47 Å². The Balaban J connectivity index is 1.07. The van der Waals surface area contributed by atoms with Crippen LogP contribution in [0.25, 0.3) is 21.5 Å². The van der Waals surface area contributed by atoms with Crippen LogP contribution in [0.5, 0.6) is 0 Å². The summed E-state index contributed by atoms with van der Waals surface area (Å²) in [6.07, 6.45) is 2.94. The normalized spacial score (nSPS) is 17.8. The van der Waals surface area contributed by atoms with E-state index in [4.69, 9.17) is 38.9 Å². The molecule has 0 saturated carbocycles. The van der Waals surface area contributed by atoms with Crippen LogP contribution in [0.4, 0.5) is 11.6 Å². The number of carbonyl (C=O) groups excluding carboxylic acids is 3. The molecule has 2 aromatic heterocycles. The average Bonchev–Trinajstić information content (AvgIpc) is 1.26. The number of nitrogens with one attached hydrogen (secondary N) is 2. The molecule has 78 heavy (non-hydrogen) atoms. The number of amidine groups is 4. The van der Waals surface area contributed by atoms with Crippen LogP contribution in [-0.2, 0) is 41.6 Å². The minimum atomic E-state index is -6.93. The van der Waals surface area contributed by atoms with Gasteiger partial charge in [-0.25, -0.2) is 0 Å². The molecule has 1 spiro atoms. The van der Waals surface area contributed by atoms with Gasteiger partial charge in [-0.1, -0.05) is 0 Å². The number of rotatable bonds is 25. The number of amides is 2. The van der Waals surface area contributed by atoms with E-state index in [0.29, 0.717) is 123 Å². The number of hydrogen-bond acceptors (Lipinski definition) is 13. The van der Waals surface area contributed by atoms with E-state index in [-0.39, 0.29) is 37.4 Å². The zero-order chi connectivity index (χ0) is 54.1. The number of ether oxygens (including phenoxy) is 4. The fourth-order valence-electron chi connectivity index (χ4n) is 13.1. The summed E-state index contributed by atoms with van der Waals surface area (Å²) in [6, 6.07) is 34.6. The average molecular weight is 1110 g/mol. The van der Waals surface area contributed by atoms with Crippen molar-refractivity contribution in [2.75, 3.05) is 60.3 Å².